The average molecular weight is 261 g/mol. The average Bonchev–Trinajstić information content (AvgIpc) is 2.26. The van der Waals surface area contributed by atoms with E-state index in [4.69, 9.17) is 0 Å². The van der Waals surface area contributed by atoms with E-state index >= 15 is 0 Å². The molecule has 2 rings (SSSR count). The molecule has 0 saturated heterocycles. The topological polar surface area (TPSA) is 66.4 Å². The molecule has 1 fully saturated rings. The molecule has 102 valence electrons. The van der Waals surface area contributed by atoms with E-state index in [1.807, 2.05) is 32.0 Å². The molecular weight excluding hydrogens is 242 g/mol. The Balaban J connectivity index is 2.08. The number of rotatable bonds is 4. The molecule has 0 aliphatic heterocycles. The lowest BCUT2D eigenvalue weighted by Gasteiger charge is -2.37. The predicted octanol–water partition coefficient (Wildman–Crippen LogP) is 2.29. The van der Waals surface area contributed by atoms with Crippen LogP contribution in [0.15, 0.2) is 18.2 Å². The highest BCUT2D eigenvalue weighted by atomic mass is 16.4. The van der Waals surface area contributed by atoms with Crippen LogP contribution in [0.5, 0.6) is 0 Å². The summed E-state index contributed by atoms with van der Waals surface area (Å²) in [5, 5.41) is 12.0. The van der Waals surface area contributed by atoms with Gasteiger partial charge in [0.05, 0.1) is 5.41 Å². The van der Waals surface area contributed by atoms with Gasteiger partial charge in [0.2, 0.25) is 0 Å². The molecule has 0 aromatic heterocycles. The maximum atomic E-state index is 12.2. The first-order chi connectivity index (χ1) is 8.96. The quantitative estimate of drug-likeness (QED) is 0.874. The van der Waals surface area contributed by atoms with Gasteiger partial charge >= 0.3 is 5.97 Å². The minimum absolute atomic E-state index is 0.178. The fraction of sp³-hybridized carbons (Fsp3) is 0.467. The van der Waals surface area contributed by atoms with Crippen LogP contribution >= 0.6 is 0 Å². The van der Waals surface area contributed by atoms with Crippen molar-refractivity contribution in [2.45, 2.75) is 33.1 Å². The van der Waals surface area contributed by atoms with E-state index in [0.717, 1.165) is 17.5 Å². The number of amides is 1. The molecule has 19 heavy (non-hydrogen) atoms. The number of nitrogens with one attached hydrogen (secondary N) is 1. The number of carbonyl (C=O) groups is 2. The highest BCUT2D eigenvalue weighted by Gasteiger charge is 2.44. The number of hydrogen-bond acceptors (Lipinski definition) is 2. The summed E-state index contributed by atoms with van der Waals surface area (Å²) < 4.78 is 0. The molecule has 0 atom stereocenters. The van der Waals surface area contributed by atoms with Crippen LogP contribution in [-0.4, -0.2) is 23.5 Å². The third kappa shape index (κ3) is 2.48. The molecule has 0 radical (unpaired) electrons. The molecule has 1 aromatic carbocycles. The Morgan fingerprint density at radius 2 is 1.84 bits per heavy atom. The first-order valence-electron chi connectivity index (χ1n) is 6.54. The summed E-state index contributed by atoms with van der Waals surface area (Å²) in [6.45, 7) is 3.99. The van der Waals surface area contributed by atoms with Crippen LogP contribution < -0.4 is 5.32 Å². The van der Waals surface area contributed by atoms with E-state index in [9.17, 15) is 14.7 Å². The molecule has 1 aromatic rings. The number of carboxylic acid groups (broad SMARTS) is 1. The van der Waals surface area contributed by atoms with Crippen molar-refractivity contribution >= 4 is 11.9 Å². The maximum Gasteiger partial charge on any atom is 0.311 e. The maximum absolute atomic E-state index is 12.2. The molecule has 0 spiro atoms. The van der Waals surface area contributed by atoms with Gasteiger partial charge in [-0.2, -0.15) is 0 Å². The van der Waals surface area contributed by atoms with Crippen molar-refractivity contribution in [1.82, 2.24) is 5.32 Å². The van der Waals surface area contributed by atoms with Gasteiger partial charge in [-0.1, -0.05) is 24.6 Å². The number of aliphatic carboxylic acids is 1. The van der Waals surface area contributed by atoms with Gasteiger partial charge in [0.1, 0.15) is 0 Å². The van der Waals surface area contributed by atoms with Crippen molar-refractivity contribution in [3.8, 4) is 0 Å². The molecule has 4 heteroatoms. The summed E-state index contributed by atoms with van der Waals surface area (Å²) in [5.41, 5.74) is 1.74. The van der Waals surface area contributed by atoms with Gasteiger partial charge in [-0.3, -0.25) is 9.59 Å². The predicted molar refractivity (Wildman–Crippen MR) is 72.2 cm³/mol. The highest BCUT2D eigenvalue weighted by molar-refractivity contribution is 5.97. The molecule has 0 bridgehead atoms. The molecule has 1 aliphatic rings. The fourth-order valence-corrected chi connectivity index (χ4v) is 2.58. The lowest BCUT2D eigenvalue weighted by Crippen LogP contribution is -2.47. The SMILES string of the molecule is Cc1cccc(C)c1C(=O)NCC1(C(=O)O)CCC1. The van der Waals surface area contributed by atoms with Crippen molar-refractivity contribution in [1.29, 1.82) is 0 Å². The number of carbonyl (C=O) groups excluding carboxylic acids is 1. The van der Waals surface area contributed by atoms with E-state index in [2.05, 4.69) is 5.32 Å². The van der Waals surface area contributed by atoms with Crippen molar-refractivity contribution in [3.63, 3.8) is 0 Å². The van der Waals surface area contributed by atoms with Gasteiger partial charge in [0, 0.05) is 12.1 Å². The van der Waals surface area contributed by atoms with Gasteiger partial charge in [-0.05, 0) is 37.8 Å². The molecule has 4 nitrogen and oxygen atoms in total. The molecule has 2 N–H and O–H groups in total. The van der Waals surface area contributed by atoms with E-state index in [1.165, 1.54) is 0 Å². The molecular formula is C15H19NO3. The minimum Gasteiger partial charge on any atom is -0.481 e. The Kier molecular flexibility index (Phi) is 3.60. The highest BCUT2D eigenvalue weighted by Crippen LogP contribution is 2.40. The number of aryl methyl sites for hydroxylation is 2. The molecule has 0 heterocycles. The normalized spacial score (nSPS) is 16.5. The summed E-state index contributed by atoms with van der Waals surface area (Å²) in [6, 6.07) is 5.68. The van der Waals surface area contributed by atoms with Crippen LogP contribution in [0.1, 0.15) is 40.7 Å². The largest absolute Gasteiger partial charge is 0.481 e. The fourth-order valence-electron chi connectivity index (χ4n) is 2.58. The second kappa shape index (κ2) is 5.03. The zero-order valence-corrected chi connectivity index (χ0v) is 11.3. The van der Waals surface area contributed by atoms with E-state index in [0.29, 0.717) is 18.4 Å². The number of benzene rings is 1. The van der Waals surface area contributed by atoms with Gasteiger partial charge in [-0.15, -0.1) is 0 Å². The molecule has 1 saturated carbocycles. The van der Waals surface area contributed by atoms with Crippen LogP contribution in [0, 0.1) is 19.3 Å². The minimum atomic E-state index is -0.805. The summed E-state index contributed by atoms with van der Waals surface area (Å²) in [7, 11) is 0. The zero-order valence-electron chi connectivity index (χ0n) is 11.3. The third-order valence-corrected chi connectivity index (χ3v) is 4.06. The van der Waals surface area contributed by atoms with Crippen LogP contribution in [0.3, 0.4) is 0 Å². The van der Waals surface area contributed by atoms with Crippen LogP contribution in [0.2, 0.25) is 0 Å². The third-order valence-electron chi connectivity index (χ3n) is 4.06. The first kappa shape index (κ1) is 13.6. The standard InChI is InChI=1S/C15H19NO3/c1-10-5-3-6-11(2)12(10)13(17)16-9-15(14(18)19)7-4-8-15/h3,5-6H,4,7-9H2,1-2H3,(H,16,17)(H,18,19). The summed E-state index contributed by atoms with van der Waals surface area (Å²) in [5.74, 6) is -0.983. The van der Waals surface area contributed by atoms with Crippen molar-refractivity contribution in [3.05, 3.63) is 34.9 Å². The second-order valence-corrected chi connectivity index (χ2v) is 5.39. The first-order valence-corrected chi connectivity index (χ1v) is 6.54. The zero-order chi connectivity index (χ0) is 14.0. The summed E-state index contributed by atoms with van der Waals surface area (Å²) in [4.78, 5) is 23.4. The van der Waals surface area contributed by atoms with Gasteiger partial charge in [0.25, 0.3) is 5.91 Å². The Labute approximate surface area is 112 Å². The Morgan fingerprint density at radius 3 is 2.26 bits per heavy atom. The molecule has 1 aliphatic carbocycles. The van der Waals surface area contributed by atoms with E-state index in [-0.39, 0.29) is 12.5 Å². The molecule has 1 amide bonds. The van der Waals surface area contributed by atoms with Crippen molar-refractivity contribution in [2.24, 2.45) is 5.41 Å². The van der Waals surface area contributed by atoms with Gasteiger partial charge in [0.15, 0.2) is 0 Å². The molecule has 0 unspecified atom stereocenters. The van der Waals surface area contributed by atoms with Crippen LogP contribution in [0.4, 0.5) is 0 Å². The monoisotopic (exact) mass is 261 g/mol. The smallest absolute Gasteiger partial charge is 0.311 e. The van der Waals surface area contributed by atoms with Gasteiger partial charge < -0.3 is 10.4 Å². The summed E-state index contributed by atoms with van der Waals surface area (Å²) in [6.07, 6.45) is 2.22. The number of carboxylic acids is 1. The lowest BCUT2D eigenvalue weighted by atomic mass is 9.69. The Hall–Kier alpha value is -1.84. The van der Waals surface area contributed by atoms with E-state index in [1.54, 1.807) is 0 Å². The van der Waals surface area contributed by atoms with Crippen molar-refractivity contribution < 1.29 is 14.7 Å². The second-order valence-electron chi connectivity index (χ2n) is 5.39. The Bertz CT molecular complexity index is 498. The Morgan fingerprint density at radius 1 is 1.26 bits per heavy atom. The summed E-state index contributed by atoms with van der Waals surface area (Å²) >= 11 is 0. The van der Waals surface area contributed by atoms with Crippen LogP contribution in [-0.2, 0) is 4.79 Å². The van der Waals surface area contributed by atoms with Gasteiger partial charge in [-0.25, -0.2) is 0 Å². The van der Waals surface area contributed by atoms with Crippen LogP contribution in [0.25, 0.3) is 0 Å². The van der Waals surface area contributed by atoms with Crippen molar-refractivity contribution in [2.75, 3.05) is 6.54 Å². The number of hydrogen-bond donors (Lipinski definition) is 2. The lowest BCUT2D eigenvalue weighted by molar-refractivity contribution is -0.153. The van der Waals surface area contributed by atoms with E-state index < -0.39 is 11.4 Å².